The Morgan fingerprint density at radius 2 is 1.87 bits per heavy atom. The highest BCUT2D eigenvalue weighted by atomic mass is 35.5. The highest BCUT2D eigenvalue weighted by molar-refractivity contribution is 7.10. The van der Waals surface area contributed by atoms with Gasteiger partial charge in [-0.05, 0) is 72.8 Å². The molecule has 31 heavy (non-hydrogen) atoms. The number of carbonyl (C=O) groups excluding carboxylic acids is 2. The lowest BCUT2D eigenvalue weighted by molar-refractivity contribution is -0.132. The van der Waals surface area contributed by atoms with Gasteiger partial charge in [0.1, 0.15) is 17.6 Å². The largest absolute Gasteiger partial charge is 0.507 e. The molecule has 1 amide bonds. The quantitative estimate of drug-likeness (QED) is 0.315. The van der Waals surface area contributed by atoms with Gasteiger partial charge in [0.2, 0.25) is 0 Å². The number of aliphatic hydroxyl groups excluding tert-OH is 1. The molecule has 7 heteroatoms. The molecule has 2 heterocycles. The van der Waals surface area contributed by atoms with E-state index in [0.29, 0.717) is 22.0 Å². The molecule has 0 aliphatic carbocycles. The summed E-state index contributed by atoms with van der Waals surface area (Å²) in [4.78, 5) is 28.5. The monoisotopic (exact) mass is 453 g/mol. The van der Waals surface area contributed by atoms with Crippen LogP contribution in [0, 0.1) is 13.8 Å². The first-order valence-corrected chi connectivity index (χ1v) is 10.8. The number of anilines is 1. The fraction of sp³-hybridized carbons (Fsp3) is 0.167. The topological polar surface area (TPSA) is 66.8 Å². The number of amides is 1. The molecule has 3 aromatic rings. The first-order valence-electron chi connectivity index (χ1n) is 9.59. The minimum atomic E-state index is -0.750. The van der Waals surface area contributed by atoms with Crippen molar-refractivity contribution in [3.05, 3.63) is 86.1 Å². The number of aryl methyl sites for hydroxylation is 2. The molecule has 2 aromatic carbocycles. The molecule has 1 unspecified atom stereocenters. The van der Waals surface area contributed by atoms with Gasteiger partial charge in [0.15, 0.2) is 0 Å². The molecule has 0 spiro atoms. The number of thiophene rings is 1. The Labute approximate surface area is 189 Å². The van der Waals surface area contributed by atoms with Crippen LogP contribution in [0.1, 0.15) is 27.6 Å². The van der Waals surface area contributed by atoms with Crippen molar-refractivity contribution < 1.29 is 19.4 Å². The predicted molar refractivity (Wildman–Crippen MR) is 123 cm³/mol. The lowest BCUT2D eigenvalue weighted by Crippen LogP contribution is -2.29. The van der Waals surface area contributed by atoms with E-state index in [0.717, 1.165) is 16.0 Å². The summed E-state index contributed by atoms with van der Waals surface area (Å²) in [6.45, 7) is 3.73. The van der Waals surface area contributed by atoms with Crippen molar-refractivity contribution in [2.45, 2.75) is 19.9 Å². The highest BCUT2D eigenvalue weighted by Crippen LogP contribution is 2.45. The number of ketones is 1. The zero-order valence-electron chi connectivity index (χ0n) is 17.2. The van der Waals surface area contributed by atoms with Crippen molar-refractivity contribution in [2.24, 2.45) is 0 Å². The third-order valence-corrected chi connectivity index (χ3v) is 6.68. The molecule has 0 radical (unpaired) electrons. The Kier molecular flexibility index (Phi) is 5.60. The third-order valence-electron chi connectivity index (χ3n) is 5.37. The second-order valence-electron chi connectivity index (χ2n) is 7.30. The van der Waals surface area contributed by atoms with E-state index in [4.69, 9.17) is 16.3 Å². The normalized spacial score (nSPS) is 17.9. The Morgan fingerprint density at radius 1 is 1.10 bits per heavy atom. The minimum Gasteiger partial charge on any atom is -0.507 e. The van der Waals surface area contributed by atoms with Crippen LogP contribution in [0.15, 0.2) is 59.5 Å². The van der Waals surface area contributed by atoms with E-state index < -0.39 is 17.7 Å². The molecule has 1 aliphatic heterocycles. The van der Waals surface area contributed by atoms with Gasteiger partial charge in [-0.25, -0.2) is 0 Å². The van der Waals surface area contributed by atoms with Gasteiger partial charge < -0.3 is 9.84 Å². The van der Waals surface area contributed by atoms with Crippen LogP contribution in [-0.2, 0) is 9.59 Å². The first-order chi connectivity index (χ1) is 14.8. The molecular formula is C24H20ClNO4S. The van der Waals surface area contributed by atoms with Crippen LogP contribution in [0.3, 0.4) is 0 Å². The summed E-state index contributed by atoms with van der Waals surface area (Å²) in [6.07, 6.45) is 0. The summed E-state index contributed by atoms with van der Waals surface area (Å²) >= 11 is 7.60. The summed E-state index contributed by atoms with van der Waals surface area (Å²) in [6, 6.07) is 13.1. The number of hydrogen-bond donors (Lipinski definition) is 1. The highest BCUT2D eigenvalue weighted by Gasteiger charge is 2.48. The van der Waals surface area contributed by atoms with Crippen LogP contribution in [0.2, 0.25) is 5.02 Å². The molecule has 158 valence electrons. The van der Waals surface area contributed by atoms with Gasteiger partial charge in [-0.3, -0.25) is 14.5 Å². The fourth-order valence-corrected chi connectivity index (χ4v) is 5.02. The fourth-order valence-electron chi connectivity index (χ4n) is 3.81. The molecule has 1 saturated heterocycles. The van der Waals surface area contributed by atoms with Crippen LogP contribution in [0.5, 0.6) is 5.75 Å². The van der Waals surface area contributed by atoms with Gasteiger partial charge >= 0.3 is 0 Å². The zero-order valence-corrected chi connectivity index (χ0v) is 18.8. The summed E-state index contributed by atoms with van der Waals surface area (Å²) in [5.74, 6) is -1.00. The standard InChI is InChI=1S/C24H20ClNO4S/c1-13-9-10-31-23(13)20-19(21(27)18-8-7-17(30-3)11-14(18)2)22(28)24(29)26(20)16-6-4-5-15(25)12-16/h4-12,20,27H,1-3H3/b21-19+. The maximum Gasteiger partial charge on any atom is 0.300 e. The summed E-state index contributed by atoms with van der Waals surface area (Å²) in [7, 11) is 1.56. The van der Waals surface area contributed by atoms with Crippen LogP contribution < -0.4 is 9.64 Å². The molecule has 0 saturated carbocycles. The number of nitrogens with zero attached hydrogens (tertiary/aromatic N) is 1. The lowest BCUT2D eigenvalue weighted by atomic mass is 9.96. The lowest BCUT2D eigenvalue weighted by Gasteiger charge is -2.25. The van der Waals surface area contributed by atoms with Crippen LogP contribution in [-0.4, -0.2) is 23.9 Å². The molecular weight excluding hydrogens is 434 g/mol. The second-order valence-corrected chi connectivity index (χ2v) is 8.68. The number of ether oxygens (including phenoxy) is 1. The van der Waals surface area contributed by atoms with E-state index in [2.05, 4.69) is 0 Å². The maximum atomic E-state index is 13.2. The Morgan fingerprint density at radius 3 is 2.48 bits per heavy atom. The molecule has 0 bridgehead atoms. The summed E-state index contributed by atoms with van der Waals surface area (Å²) in [5.41, 5.74) is 2.69. The Bertz CT molecular complexity index is 1230. The van der Waals surface area contributed by atoms with E-state index in [1.165, 1.54) is 16.2 Å². The number of rotatable bonds is 4. The molecule has 1 aliphatic rings. The van der Waals surface area contributed by atoms with E-state index in [1.54, 1.807) is 49.6 Å². The van der Waals surface area contributed by atoms with Crippen molar-refractivity contribution in [3.8, 4) is 5.75 Å². The number of Topliss-reactive ketones (excluding diaryl/α,β-unsaturated/α-hetero) is 1. The summed E-state index contributed by atoms with van der Waals surface area (Å²) in [5, 5.41) is 13.6. The zero-order chi connectivity index (χ0) is 22.3. The number of methoxy groups -OCH3 is 1. The van der Waals surface area contributed by atoms with Gasteiger partial charge in [0.05, 0.1) is 12.7 Å². The van der Waals surface area contributed by atoms with Gasteiger partial charge in [-0.2, -0.15) is 0 Å². The summed E-state index contributed by atoms with van der Waals surface area (Å²) < 4.78 is 5.24. The molecule has 1 N–H and O–H groups in total. The Hall–Kier alpha value is -3.09. The number of benzene rings is 2. The Balaban J connectivity index is 1.96. The average molecular weight is 454 g/mol. The van der Waals surface area contributed by atoms with Gasteiger partial charge in [-0.15, -0.1) is 11.3 Å². The van der Waals surface area contributed by atoms with Gasteiger partial charge in [0.25, 0.3) is 11.7 Å². The van der Waals surface area contributed by atoms with Gasteiger partial charge in [-0.1, -0.05) is 17.7 Å². The average Bonchev–Trinajstić information content (AvgIpc) is 3.28. The van der Waals surface area contributed by atoms with E-state index in [-0.39, 0.29) is 11.3 Å². The van der Waals surface area contributed by atoms with Crippen molar-refractivity contribution in [1.29, 1.82) is 0 Å². The van der Waals surface area contributed by atoms with E-state index in [1.807, 2.05) is 25.3 Å². The van der Waals surface area contributed by atoms with Crippen molar-refractivity contribution in [3.63, 3.8) is 0 Å². The first kappa shape index (κ1) is 21.2. The minimum absolute atomic E-state index is 0.0591. The molecule has 5 nitrogen and oxygen atoms in total. The van der Waals surface area contributed by atoms with Crippen LogP contribution in [0.4, 0.5) is 5.69 Å². The third kappa shape index (κ3) is 3.62. The number of hydrogen-bond acceptors (Lipinski definition) is 5. The van der Waals surface area contributed by atoms with Crippen LogP contribution in [0.25, 0.3) is 5.76 Å². The van der Waals surface area contributed by atoms with Crippen molar-refractivity contribution >= 4 is 46.1 Å². The molecule has 4 rings (SSSR count). The van der Waals surface area contributed by atoms with Crippen LogP contribution >= 0.6 is 22.9 Å². The predicted octanol–water partition coefficient (Wildman–Crippen LogP) is 5.65. The molecule has 1 aromatic heterocycles. The molecule has 1 fully saturated rings. The van der Waals surface area contributed by atoms with E-state index in [9.17, 15) is 14.7 Å². The SMILES string of the molecule is COc1ccc(/C(O)=C2\C(=O)C(=O)N(c3cccc(Cl)c3)C2c2sccc2C)c(C)c1. The van der Waals surface area contributed by atoms with E-state index >= 15 is 0 Å². The smallest absolute Gasteiger partial charge is 0.300 e. The maximum absolute atomic E-state index is 13.2. The second kappa shape index (κ2) is 8.21. The van der Waals surface area contributed by atoms with Crippen molar-refractivity contribution in [2.75, 3.05) is 12.0 Å². The number of carbonyl (C=O) groups is 2. The molecule has 1 atom stereocenters. The van der Waals surface area contributed by atoms with Gasteiger partial charge in [0, 0.05) is 21.2 Å². The number of aliphatic hydroxyl groups is 1. The number of halogens is 1. The van der Waals surface area contributed by atoms with Crippen molar-refractivity contribution in [1.82, 2.24) is 0 Å².